The Hall–Kier alpha value is -4.41. The minimum atomic E-state index is -3.82. The third-order valence-corrected chi connectivity index (χ3v) is 9.41. The summed E-state index contributed by atoms with van der Waals surface area (Å²) in [6, 6.07) is 26.8. The molecule has 5 aromatic rings. The zero-order valence-electron chi connectivity index (χ0n) is 21.1. The number of aromatic nitrogens is 1. The molecule has 7 nitrogen and oxygen atoms in total. The van der Waals surface area contributed by atoms with Crippen molar-refractivity contribution in [1.82, 2.24) is 4.98 Å². The van der Waals surface area contributed by atoms with Crippen LogP contribution in [0.25, 0.3) is 10.2 Å². The van der Waals surface area contributed by atoms with E-state index in [4.69, 9.17) is 0 Å². The normalized spacial score (nSPS) is 13.5. The molecule has 6 rings (SSSR count). The summed E-state index contributed by atoms with van der Waals surface area (Å²) < 4.78 is 42.9. The van der Waals surface area contributed by atoms with Crippen molar-refractivity contribution < 1.29 is 17.6 Å². The molecule has 2 heterocycles. The summed E-state index contributed by atoms with van der Waals surface area (Å²) in [6.45, 7) is 0.389. The van der Waals surface area contributed by atoms with Crippen LogP contribution in [0.2, 0.25) is 0 Å². The van der Waals surface area contributed by atoms with Crippen LogP contribution in [0.1, 0.15) is 27.9 Å². The summed E-state index contributed by atoms with van der Waals surface area (Å²) in [5, 5.41) is 5.83. The molecule has 0 saturated heterocycles. The summed E-state index contributed by atoms with van der Waals surface area (Å²) in [5.74, 6) is -0.902. The van der Waals surface area contributed by atoms with E-state index in [-0.39, 0.29) is 15.6 Å². The van der Waals surface area contributed by atoms with Crippen LogP contribution in [0, 0.1) is 5.82 Å². The van der Waals surface area contributed by atoms with E-state index in [1.54, 1.807) is 6.07 Å². The topological polar surface area (TPSA) is 82.9 Å². The van der Waals surface area contributed by atoms with Gasteiger partial charge < -0.3 is 0 Å². The molecule has 1 aliphatic heterocycles. The fraction of sp³-hybridized carbons (Fsp3) is 0.100. The lowest BCUT2D eigenvalue weighted by Crippen LogP contribution is -2.35. The third kappa shape index (κ3) is 4.99. The maximum Gasteiger partial charge on any atom is 0.280 e. The molecule has 4 aromatic carbocycles. The second kappa shape index (κ2) is 10.6. The van der Waals surface area contributed by atoms with Crippen LogP contribution in [0.15, 0.2) is 107 Å². The Balaban J connectivity index is 1.33. The number of amides is 1. The number of hydrogen-bond donors (Lipinski definition) is 0. The second-order valence-corrected chi connectivity index (χ2v) is 12.1. The lowest BCUT2D eigenvalue weighted by Gasteiger charge is -2.30. The van der Waals surface area contributed by atoms with Gasteiger partial charge in [-0.15, -0.1) is 0 Å². The molecule has 40 heavy (non-hydrogen) atoms. The molecule has 0 saturated carbocycles. The van der Waals surface area contributed by atoms with Crippen LogP contribution in [0.4, 0.5) is 15.2 Å². The second-order valence-electron chi connectivity index (χ2n) is 9.21. The number of carbonyl (C=O) groups is 1. The lowest BCUT2D eigenvalue weighted by atomic mass is 10.0. The first-order chi connectivity index (χ1) is 19.4. The molecule has 200 valence electrons. The van der Waals surface area contributed by atoms with Crippen molar-refractivity contribution in [2.24, 2.45) is 5.10 Å². The number of hydrazone groups is 1. The molecule has 1 aromatic heterocycles. The molecule has 0 unspecified atom stereocenters. The summed E-state index contributed by atoms with van der Waals surface area (Å²) >= 11 is 1.14. The molecule has 1 amide bonds. The van der Waals surface area contributed by atoms with Gasteiger partial charge in [-0.1, -0.05) is 59.9 Å². The van der Waals surface area contributed by atoms with Gasteiger partial charge in [-0.05, 0) is 72.5 Å². The minimum absolute atomic E-state index is 0.0931. The standard InChI is InChI=1S/C30H23FN4O3S2/c31-24-14-17-26-28(19-24)39-30(33-26)35(32-20-21-7-2-1-3-8-21)29(36)23-12-15-25(16-13-23)40(37,38)34-18-6-10-22-9-4-5-11-27(22)34/h1-5,7-9,11-17,19-20H,6,10,18H2/b32-20+. The highest BCUT2D eigenvalue weighted by atomic mass is 32.2. The molecule has 0 spiro atoms. The van der Waals surface area contributed by atoms with E-state index in [2.05, 4.69) is 10.1 Å². The van der Waals surface area contributed by atoms with Crippen molar-refractivity contribution >= 4 is 54.5 Å². The summed E-state index contributed by atoms with van der Waals surface area (Å²) in [7, 11) is -3.82. The number of aryl methyl sites for hydroxylation is 1. The van der Waals surface area contributed by atoms with Crippen LogP contribution in [-0.4, -0.2) is 32.1 Å². The number of benzene rings is 4. The molecule has 0 fully saturated rings. The van der Waals surface area contributed by atoms with Crippen molar-refractivity contribution in [1.29, 1.82) is 0 Å². The van der Waals surface area contributed by atoms with Crippen LogP contribution in [-0.2, 0) is 16.4 Å². The van der Waals surface area contributed by atoms with Gasteiger partial charge in [0, 0.05) is 12.1 Å². The summed E-state index contributed by atoms with van der Waals surface area (Å²) in [4.78, 5) is 18.3. The van der Waals surface area contributed by atoms with Gasteiger partial charge in [-0.25, -0.2) is 17.8 Å². The quantitative estimate of drug-likeness (QED) is 0.178. The molecule has 0 N–H and O–H groups in total. The fourth-order valence-electron chi connectivity index (χ4n) is 4.60. The van der Waals surface area contributed by atoms with E-state index in [9.17, 15) is 17.6 Å². The van der Waals surface area contributed by atoms with Crippen LogP contribution in [0.5, 0.6) is 0 Å². The van der Waals surface area contributed by atoms with Crippen molar-refractivity contribution in [3.63, 3.8) is 0 Å². The van der Waals surface area contributed by atoms with Crippen molar-refractivity contribution in [3.8, 4) is 0 Å². The first-order valence-electron chi connectivity index (χ1n) is 12.6. The van der Waals surface area contributed by atoms with E-state index in [1.807, 2.05) is 54.6 Å². The molecule has 1 aliphatic rings. The fourth-order valence-corrected chi connectivity index (χ4v) is 7.08. The maximum atomic E-state index is 13.8. The number of nitrogens with zero attached hydrogens (tertiary/aromatic N) is 4. The Morgan fingerprint density at radius 1 is 0.975 bits per heavy atom. The van der Waals surface area contributed by atoms with Crippen LogP contribution >= 0.6 is 11.3 Å². The number of rotatable bonds is 6. The number of sulfonamides is 1. The average Bonchev–Trinajstić information content (AvgIpc) is 3.40. The van der Waals surface area contributed by atoms with Crippen molar-refractivity contribution in [3.05, 3.63) is 120 Å². The predicted molar refractivity (Wildman–Crippen MR) is 156 cm³/mol. The molecule has 0 aliphatic carbocycles. The SMILES string of the molecule is O=C(c1ccc(S(=O)(=O)N2CCCc3ccccc32)cc1)N(/N=C/c1ccccc1)c1nc2ccc(F)cc2s1. The molecular weight excluding hydrogens is 547 g/mol. The van der Waals surface area contributed by atoms with Crippen LogP contribution in [0.3, 0.4) is 0 Å². The molecule has 0 bridgehead atoms. The van der Waals surface area contributed by atoms with Gasteiger partial charge in [0.05, 0.1) is 27.0 Å². The van der Waals surface area contributed by atoms with Gasteiger partial charge in [0.1, 0.15) is 5.82 Å². The van der Waals surface area contributed by atoms with E-state index in [0.717, 1.165) is 40.3 Å². The highest BCUT2D eigenvalue weighted by Crippen LogP contribution is 2.33. The number of carbonyl (C=O) groups excluding carboxylic acids is 1. The first-order valence-corrected chi connectivity index (χ1v) is 14.9. The molecule has 0 atom stereocenters. The zero-order valence-corrected chi connectivity index (χ0v) is 22.8. The number of hydrogen-bond acceptors (Lipinski definition) is 6. The molecule has 0 radical (unpaired) electrons. The Morgan fingerprint density at radius 3 is 2.52 bits per heavy atom. The number of halogens is 1. The zero-order chi connectivity index (χ0) is 27.7. The summed E-state index contributed by atoms with van der Waals surface area (Å²) in [6.07, 6.45) is 3.10. The predicted octanol–water partition coefficient (Wildman–Crippen LogP) is 6.26. The molecule has 10 heteroatoms. The number of thiazole rings is 1. The maximum absolute atomic E-state index is 13.8. The highest BCUT2D eigenvalue weighted by Gasteiger charge is 2.29. The van der Waals surface area contributed by atoms with Crippen molar-refractivity contribution in [2.75, 3.05) is 15.9 Å². The van der Waals surface area contributed by atoms with Gasteiger partial charge in [0.2, 0.25) is 5.13 Å². The van der Waals surface area contributed by atoms with E-state index >= 15 is 0 Å². The smallest absolute Gasteiger partial charge is 0.267 e. The van der Waals surface area contributed by atoms with E-state index < -0.39 is 21.7 Å². The lowest BCUT2D eigenvalue weighted by molar-refractivity contribution is 0.0987. The number of para-hydroxylation sites is 1. The van der Waals surface area contributed by atoms with E-state index in [0.29, 0.717) is 22.4 Å². The Labute approximate surface area is 234 Å². The monoisotopic (exact) mass is 570 g/mol. The van der Waals surface area contributed by atoms with E-state index in [1.165, 1.54) is 46.9 Å². The average molecular weight is 571 g/mol. The third-order valence-electron chi connectivity index (χ3n) is 6.59. The van der Waals surface area contributed by atoms with Crippen molar-refractivity contribution in [2.45, 2.75) is 17.7 Å². The number of anilines is 2. The molecular formula is C30H23FN4O3S2. The van der Waals surface area contributed by atoms with Gasteiger partial charge in [0.15, 0.2) is 0 Å². The number of fused-ring (bicyclic) bond motifs is 2. The van der Waals surface area contributed by atoms with Gasteiger partial charge in [-0.2, -0.15) is 10.1 Å². The Bertz CT molecular complexity index is 1840. The van der Waals surface area contributed by atoms with Gasteiger partial charge >= 0.3 is 0 Å². The van der Waals surface area contributed by atoms with Gasteiger partial charge in [0.25, 0.3) is 15.9 Å². The highest BCUT2D eigenvalue weighted by molar-refractivity contribution is 7.92. The first kappa shape index (κ1) is 25.8. The Morgan fingerprint density at radius 2 is 1.73 bits per heavy atom. The Kier molecular flexibility index (Phi) is 6.87. The minimum Gasteiger partial charge on any atom is -0.267 e. The largest absolute Gasteiger partial charge is 0.280 e. The summed E-state index contributed by atoms with van der Waals surface area (Å²) in [5.41, 5.74) is 3.22. The van der Waals surface area contributed by atoms with Gasteiger partial charge in [-0.3, -0.25) is 9.10 Å². The van der Waals surface area contributed by atoms with Crippen LogP contribution < -0.4 is 9.31 Å².